The van der Waals surface area contributed by atoms with E-state index in [0.717, 1.165) is 4.90 Å². The van der Waals surface area contributed by atoms with Crippen LogP contribution in [0.4, 0.5) is 4.39 Å². The SMILES string of the molecule is NC(=CC(=O)c1ccc(F)cc1)Sc1ccc(Cl)cc1. The number of carbonyl (C=O) groups excluding carboxylic acids is 1. The van der Waals surface area contributed by atoms with Crippen molar-refractivity contribution in [1.82, 2.24) is 0 Å². The summed E-state index contributed by atoms with van der Waals surface area (Å²) in [5.74, 6) is -0.641. The zero-order valence-electron chi connectivity index (χ0n) is 10.3. The molecule has 0 aromatic heterocycles. The number of halogens is 2. The Labute approximate surface area is 125 Å². The second-order valence-corrected chi connectivity index (χ2v) is 5.56. The fourth-order valence-electron chi connectivity index (χ4n) is 1.49. The zero-order chi connectivity index (χ0) is 14.5. The lowest BCUT2D eigenvalue weighted by atomic mass is 10.1. The summed E-state index contributed by atoms with van der Waals surface area (Å²) in [6, 6.07) is 12.5. The highest BCUT2D eigenvalue weighted by molar-refractivity contribution is 8.03. The summed E-state index contributed by atoms with van der Waals surface area (Å²) in [5, 5.41) is 1.00. The van der Waals surface area contributed by atoms with E-state index in [0.29, 0.717) is 15.6 Å². The minimum Gasteiger partial charge on any atom is -0.393 e. The van der Waals surface area contributed by atoms with Crippen LogP contribution in [0.2, 0.25) is 5.02 Å². The van der Waals surface area contributed by atoms with Crippen LogP contribution < -0.4 is 5.73 Å². The van der Waals surface area contributed by atoms with Crippen LogP contribution in [0, 0.1) is 5.82 Å². The molecule has 2 N–H and O–H groups in total. The van der Waals surface area contributed by atoms with E-state index in [4.69, 9.17) is 17.3 Å². The van der Waals surface area contributed by atoms with Gasteiger partial charge in [0.15, 0.2) is 5.78 Å². The highest BCUT2D eigenvalue weighted by Gasteiger charge is 2.05. The van der Waals surface area contributed by atoms with Crippen LogP contribution in [0.15, 0.2) is 64.5 Å². The molecule has 0 aliphatic heterocycles. The molecule has 2 aromatic carbocycles. The molecular weight excluding hydrogens is 297 g/mol. The van der Waals surface area contributed by atoms with E-state index >= 15 is 0 Å². The van der Waals surface area contributed by atoms with E-state index < -0.39 is 0 Å². The molecule has 0 heterocycles. The Morgan fingerprint density at radius 3 is 2.30 bits per heavy atom. The molecule has 20 heavy (non-hydrogen) atoms. The Bertz CT molecular complexity index is 638. The van der Waals surface area contributed by atoms with Gasteiger partial charge in [-0.3, -0.25) is 4.79 Å². The van der Waals surface area contributed by atoms with Crippen molar-refractivity contribution in [2.24, 2.45) is 5.73 Å². The topological polar surface area (TPSA) is 43.1 Å². The summed E-state index contributed by atoms with van der Waals surface area (Å²) in [7, 11) is 0. The lowest BCUT2D eigenvalue weighted by Crippen LogP contribution is -2.00. The Morgan fingerprint density at radius 1 is 1.10 bits per heavy atom. The van der Waals surface area contributed by atoms with Gasteiger partial charge in [0, 0.05) is 21.6 Å². The molecule has 0 radical (unpaired) electrons. The normalized spacial score (nSPS) is 11.4. The van der Waals surface area contributed by atoms with Crippen LogP contribution >= 0.6 is 23.4 Å². The molecule has 0 bridgehead atoms. The molecule has 102 valence electrons. The van der Waals surface area contributed by atoms with Crippen molar-refractivity contribution in [1.29, 1.82) is 0 Å². The van der Waals surface area contributed by atoms with Crippen molar-refractivity contribution in [2.45, 2.75) is 4.90 Å². The van der Waals surface area contributed by atoms with Gasteiger partial charge >= 0.3 is 0 Å². The van der Waals surface area contributed by atoms with Gasteiger partial charge in [-0.1, -0.05) is 23.4 Å². The number of thioether (sulfide) groups is 1. The van der Waals surface area contributed by atoms with Crippen LogP contribution in [0.25, 0.3) is 0 Å². The molecule has 0 aliphatic carbocycles. The van der Waals surface area contributed by atoms with E-state index in [1.165, 1.54) is 42.1 Å². The van der Waals surface area contributed by atoms with Gasteiger partial charge in [0.1, 0.15) is 5.82 Å². The first-order chi connectivity index (χ1) is 9.54. The van der Waals surface area contributed by atoms with Gasteiger partial charge < -0.3 is 5.73 Å². The van der Waals surface area contributed by atoms with Gasteiger partial charge in [0.05, 0.1) is 5.03 Å². The number of carbonyl (C=O) groups is 1. The predicted molar refractivity (Wildman–Crippen MR) is 80.3 cm³/mol. The van der Waals surface area contributed by atoms with Crippen LogP contribution in [-0.4, -0.2) is 5.78 Å². The summed E-state index contributed by atoms with van der Waals surface area (Å²) in [6.07, 6.45) is 1.33. The van der Waals surface area contributed by atoms with E-state index in [9.17, 15) is 9.18 Å². The summed E-state index contributed by atoms with van der Waals surface area (Å²) in [6.45, 7) is 0. The quantitative estimate of drug-likeness (QED) is 0.521. The monoisotopic (exact) mass is 307 g/mol. The maximum atomic E-state index is 12.8. The predicted octanol–water partition coefficient (Wildman–Crippen LogP) is 4.25. The first-order valence-electron chi connectivity index (χ1n) is 5.75. The lowest BCUT2D eigenvalue weighted by molar-refractivity contribution is 0.104. The Kier molecular flexibility index (Phi) is 4.82. The van der Waals surface area contributed by atoms with Gasteiger partial charge in [0.25, 0.3) is 0 Å². The minimum absolute atomic E-state index is 0.260. The van der Waals surface area contributed by atoms with Crippen molar-refractivity contribution < 1.29 is 9.18 Å². The van der Waals surface area contributed by atoms with Crippen LogP contribution in [0.3, 0.4) is 0 Å². The summed E-state index contributed by atoms with van der Waals surface area (Å²) >= 11 is 7.05. The van der Waals surface area contributed by atoms with Gasteiger partial charge in [-0.05, 0) is 48.5 Å². The maximum Gasteiger partial charge on any atom is 0.188 e. The molecule has 0 saturated heterocycles. The van der Waals surface area contributed by atoms with Gasteiger partial charge in [-0.15, -0.1) is 0 Å². The number of rotatable bonds is 4. The smallest absolute Gasteiger partial charge is 0.188 e. The standard InChI is InChI=1S/C15H11ClFNOS/c16-11-3-7-13(8-4-11)20-15(18)9-14(19)10-1-5-12(17)6-2-10/h1-9H,18H2. The number of nitrogens with two attached hydrogens (primary N) is 1. The lowest BCUT2D eigenvalue weighted by Gasteiger charge is -2.02. The molecule has 5 heteroatoms. The molecule has 0 saturated carbocycles. The van der Waals surface area contributed by atoms with Gasteiger partial charge in [-0.25, -0.2) is 4.39 Å². The van der Waals surface area contributed by atoms with Crippen molar-refractivity contribution in [3.63, 3.8) is 0 Å². The first kappa shape index (κ1) is 14.6. The van der Waals surface area contributed by atoms with E-state index in [1.807, 2.05) is 12.1 Å². The third-order valence-corrected chi connectivity index (χ3v) is 3.56. The van der Waals surface area contributed by atoms with E-state index in [2.05, 4.69) is 0 Å². The Balaban J connectivity index is 2.07. The summed E-state index contributed by atoms with van der Waals surface area (Å²) < 4.78 is 12.8. The number of allylic oxidation sites excluding steroid dienone is 1. The third-order valence-electron chi connectivity index (χ3n) is 2.45. The van der Waals surface area contributed by atoms with E-state index in [1.54, 1.807) is 12.1 Å². The second kappa shape index (κ2) is 6.59. The van der Waals surface area contributed by atoms with Crippen LogP contribution in [0.5, 0.6) is 0 Å². The van der Waals surface area contributed by atoms with Crippen molar-refractivity contribution in [3.05, 3.63) is 76.0 Å². The molecule has 0 amide bonds. The largest absolute Gasteiger partial charge is 0.393 e. The fourth-order valence-corrected chi connectivity index (χ4v) is 2.33. The van der Waals surface area contributed by atoms with Crippen molar-refractivity contribution in [2.75, 3.05) is 0 Å². The molecule has 2 rings (SSSR count). The number of hydrogen-bond acceptors (Lipinski definition) is 3. The minimum atomic E-state index is -0.381. The molecule has 0 spiro atoms. The Hall–Kier alpha value is -1.78. The molecule has 2 nitrogen and oxygen atoms in total. The Morgan fingerprint density at radius 2 is 1.70 bits per heavy atom. The second-order valence-electron chi connectivity index (χ2n) is 3.97. The molecule has 2 aromatic rings. The molecule has 0 unspecified atom stereocenters. The average Bonchev–Trinajstić information content (AvgIpc) is 2.42. The molecule has 0 aliphatic rings. The highest BCUT2D eigenvalue weighted by atomic mass is 35.5. The summed E-state index contributed by atoms with van der Waals surface area (Å²) in [5.41, 5.74) is 6.20. The zero-order valence-corrected chi connectivity index (χ0v) is 11.9. The van der Waals surface area contributed by atoms with Crippen molar-refractivity contribution in [3.8, 4) is 0 Å². The van der Waals surface area contributed by atoms with Crippen LogP contribution in [-0.2, 0) is 0 Å². The van der Waals surface area contributed by atoms with Crippen LogP contribution in [0.1, 0.15) is 10.4 Å². The fraction of sp³-hybridized carbons (Fsp3) is 0. The molecule has 0 fully saturated rings. The number of hydrogen-bond donors (Lipinski definition) is 1. The number of benzene rings is 2. The van der Waals surface area contributed by atoms with E-state index in [-0.39, 0.29) is 11.6 Å². The first-order valence-corrected chi connectivity index (χ1v) is 6.94. The van der Waals surface area contributed by atoms with Gasteiger partial charge in [-0.2, -0.15) is 0 Å². The maximum absolute atomic E-state index is 12.8. The third kappa shape index (κ3) is 4.11. The molecule has 0 atom stereocenters. The van der Waals surface area contributed by atoms with Gasteiger partial charge in [0.2, 0.25) is 0 Å². The number of ketones is 1. The summed E-state index contributed by atoms with van der Waals surface area (Å²) in [4.78, 5) is 12.8. The highest BCUT2D eigenvalue weighted by Crippen LogP contribution is 2.24. The molecular formula is C15H11ClFNOS. The van der Waals surface area contributed by atoms with Crippen molar-refractivity contribution >= 4 is 29.1 Å². The average molecular weight is 308 g/mol.